The van der Waals surface area contributed by atoms with Gasteiger partial charge >= 0.3 is 0 Å². The number of hydrogen-bond donors (Lipinski definition) is 1. The molecule has 1 heterocycles. The van der Waals surface area contributed by atoms with Gasteiger partial charge in [0.1, 0.15) is 5.78 Å². The Morgan fingerprint density at radius 2 is 1.45 bits per heavy atom. The molecule has 4 rings (SSSR count). The molecule has 5 heteroatoms. The number of carbonyl (C=O) groups is 3. The molecule has 29 heavy (non-hydrogen) atoms. The number of hydrogen-bond acceptors (Lipinski definition) is 4. The Hall–Kier alpha value is -1.23. The SMILES string of the molecule is CNC1CCC(CC2CCC(N3C(=O)C4CCC(C(C)=O)CC4C3=O)CC2)CC1. The van der Waals surface area contributed by atoms with Gasteiger partial charge in [-0.1, -0.05) is 0 Å². The van der Waals surface area contributed by atoms with Gasteiger partial charge in [-0.05, 0) is 103 Å². The topological polar surface area (TPSA) is 66.5 Å². The summed E-state index contributed by atoms with van der Waals surface area (Å²) in [6.45, 7) is 1.62. The quantitative estimate of drug-likeness (QED) is 0.712. The molecule has 0 radical (unpaired) electrons. The molecule has 3 aliphatic carbocycles. The molecule has 162 valence electrons. The summed E-state index contributed by atoms with van der Waals surface area (Å²) in [5, 5.41) is 3.42. The number of ketones is 1. The third-order valence-corrected chi connectivity index (χ3v) is 8.64. The van der Waals surface area contributed by atoms with E-state index in [9.17, 15) is 14.4 Å². The molecule has 0 bridgehead atoms. The van der Waals surface area contributed by atoms with Crippen LogP contribution in [0.2, 0.25) is 0 Å². The maximum atomic E-state index is 13.1. The van der Waals surface area contributed by atoms with Gasteiger partial charge in [-0.25, -0.2) is 0 Å². The van der Waals surface area contributed by atoms with Gasteiger partial charge in [-0.2, -0.15) is 0 Å². The van der Waals surface area contributed by atoms with Crippen molar-refractivity contribution < 1.29 is 14.4 Å². The smallest absolute Gasteiger partial charge is 0.233 e. The van der Waals surface area contributed by atoms with E-state index in [0.29, 0.717) is 18.9 Å². The summed E-state index contributed by atoms with van der Waals surface area (Å²) in [7, 11) is 2.07. The van der Waals surface area contributed by atoms with Crippen LogP contribution in [0.4, 0.5) is 0 Å². The Balaban J connectivity index is 1.29. The van der Waals surface area contributed by atoms with Gasteiger partial charge in [0.25, 0.3) is 0 Å². The lowest BCUT2D eigenvalue weighted by Gasteiger charge is -2.36. The zero-order valence-electron chi connectivity index (χ0n) is 18.2. The normalized spacial score (nSPS) is 40.8. The van der Waals surface area contributed by atoms with Crippen molar-refractivity contribution >= 4 is 17.6 Å². The third kappa shape index (κ3) is 4.30. The van der Waals surface area contributed by atoms with Crippen LogP contribution in [0.3, 0.4) is 0 Å². The second kappa shape index (κ2) is 8.87. The fourth-order valence-electron chi connectivity index (χ4n) is 6.73. The Morgan fingerprint density at radius 1 is 0.862 bits per heavy atom. The first-order valence-electron chi connectivity index (χ1n) is 12.0. The molecule has 0 aromatic rings. The highest BCUT2D eigenvalue weighted by Gasteiger charge is 2.52. The second-order valence-corrected chi connectivity index (χ2v) is 10.3. The monoisotopic (exact) mass is 402 g/mol. The average Bonchev–Trinajstić information content (AvgIpc) is 2.99. The lowest BCUT2D eigenvalue weighted by atomic mass is 9.74. The van der Waals surface area contributed by atoms with E-state index >= 15 is 0 Å². The molecule has 1 saturated heterocycles. The average molecular weight is 403 g/mol. The van der Waals surface area contributed by atoms with E-state index in [0.717, 1.165) is 43.9 Å². The summed E-state index contributed by atoms with van der Waals surface area (Å²) in [4.78, 5) is 39.5. The molecule has 3 saturated carbocycles. The van der Waals surface area contributed by atoms with Gasteiger partial charge in [0, 0.05) is 18.0 Å². The Morgan fingerprint density at radius 3 is 2.03 bits per heavy atom. The zero-order valence-corrected chi connectivity index (χ0v) is 18.2. The Bertz CT molecular complexity index is 632. The molecule has 1 aliphatic heterocycles. The minimum Gasteiger partial charge on any atom is -0.317 e. The summed E-state index contributed by atoms with van der Waals surface area (Å²) in [5.74, 6) is 1.48. The number of nitrogens with one attached hydrogen (secondary N) is 1. The van der Waals surface area contributed by atoms with Crippen molar-refractivity contribution in [2.24, 2.45) is 29.6 Å². The molecule has 0 spiro atoms. The summed E-state index contributed by atoms with van der Waals surface area (Å²) in [6.07, 6.45) is 12.9. The number of Topliss-reactive ketones (excluding diaryl/α,β-unsaturated/α-hetero) is 1. The number of likely N-dealkylation sites (tertiary alicyclic amines) is 1. The molecule has 4 fully saturated rings. The molecule has 3 unspecified atom stereocenters. The number of carbonyl (C=O) groups excluding carboxylic acids is 3. The number of imide groups is 1. The molecule has 2 amide bonds. The van der Waals surface area contributed by atoms with E-state index in [2.05, 4.69) is 12.4 Å². The highest BCUT2D eigenvalue weighted by atomic mass is 16.2. The Kier molecular flexibility index (Phi) is 6.43. The predicted octanol–water partition coefficient (Wildman–Crippen LogP) is 3.70. The van der Waals surface area contributed by atoms with Crippen molar-refractivity contribution in [1.82, 2.24) is 10.2 Å². The highest BCUT2D eigenvalue weighted by Crippen LogP contribution is 2.44. The first-order valence-corrected chi connectivity index (χ1v) is 12.0. The maximum absolute atomic E-state index is 13.1. The van der Waals surface area contributed by atoms with Crippen molar-refractivity contribution in [2.45, 2.75) is 96.1 Å². The van der Waals surface area contributed by atoms with E-state index in [1.165, 1.54) is 32.1 Å². The minimum atomic E-state index is -0.231. The van der Waals surface area contributed by atoms with Gasteiger partial charge in [-0.15, -0.1) is 0 Å². The molecule has 4 aliphatic rings. The summed E-state index contributed by atoms with van der Waals surface area (Å²) < 4.78 is 0. The summed E-state index contributed by atoms with van der Waals surface area (Å²) >= 11 is 0. The molecule has 0 aromatic carbocycles. The second-order valence-electron chi connectivity index (χ2n) is 10.3. The van der Waals surface area contributed by atoms with Crippen LogP contribution in [0.15, 0.2) is 0 Å². The molecule has 1 N–H and O–H groups in total. The van der Waals surface area contributed by atoms with Crippen molar-refractivity contribution in [3.05, 3.63) is 0 Å². The number of fused-ring (bicyclic) bond motifs is 1. The van der Waals surface area contributed by atoms with E-state index in [-0.39, 0.29) is 41.4 Å². The number of amides is 2. The van der Waals surface area contributed by atoms with Crippen LogP contribution in [0.25, 0.3) is 0 Å². The van der Waals surface area contributed by atoms with Crippen LogP contribution >= 0.6 is 0 Å². The molecule has 5 nitrogen and oxygen atoms in total. The first kappa shape index (κ1) is 21.0. The van der Waals surface area contributed by atoms with Crippen molar-refractivity contribution in [2.75, 3.05) is 7.05 Å². The summed E-state index contributed by atoms with van der Waals surface area (Å²) in [6, 6.07) is 0.813. The maximum Gasteiger partial charge on any atom is 0.233 e. The van der Waals surface area contributed by atoms with Crippen LogP contribution in [-0.2, 0) is 14.4 Å². The molecular weight excluding hydrogens is 364 g/mol. The van der Waals surface area contributed by atoms with E-state index < -0.39 is 0 Å². The van der Waals surface area contributed by atoms with Gasteiger partial charge in [-0.3, -0.25) is 19.3 Å². The van der Waals surface area contributed by atoms with Crippen LogP contribution in [0, 0.1) is 29.6 Å². The molecule has 0 aromatic heterocycles. The number of rotatable bonds is 5. The van der Waals surface area contributed by atoms with Crippen LogP contribution < -0.4 is 5.32 Å². The fourth-order valence-corrected chi connectivity index (χ4v) is 6.73. The zero-order chi connectivity index (χ0) is 20.5. The molecule has 3 atom stereocenters. The summed E-state index contributed by atoms with van der Waals surface area (Å²) in [5.41, 5.74) is 0. The van der Waals surface area contributed by atoms with E-state index in [1.54, 1.807) is 11.8 Å². The largest absolute Gasteiger partial charge is 0.317 e. The van der Waals surface area contributed by atoms with Gasteiger partial charge in [0.15, 0.2) is 0 Å². The number of nitrogens with zero attached hydrogens (tertiary/aromatic N) is 1. The standard InChI is InChI=1S/C24H38N2O3/c1-15(27)18-7-12-21-22(14-18)24(29)26(23(21)28)20-10-5-17(6-11-20)13-16-3-8-19(25-2)9-4-16/h16-22,25H,3-14H2,1-2H3. The van der Waals surface area contributed by atoms with Crippen LogP contribution in [0.1, 0.15) is 84.0 Å². The van der Waals surface area contributed by atoms with Crippen molar-refractivity contribution in [1.29, 1.82) is 0 Å². The molecular formula is C24H38N2O3. The van der Waals surface area contributed by atoms with Gasteiger partial charge < -0.3 is 5.32 Å². The van der Waals surface area contributed by atoms with Crippen molar-refractivity contribution in [3.8, 4) is 0 Å². The first-order chi connectivity index (χ1) is 14.0. The van der Waals surface area contributed by atoms with Crippen LogP contribution in [-0.4, -0.2) is 41.6 Å². The minimum absolute atomic E-state index is 0.0262. The lowest BCUT2D eigenvalue weighted by molar-refractivity contribution is -0.143. The predicted molar refractivity (Wildman–Crippen MR) is 112 cm³/mol. The van der Waals surface area contributed by atoms with Crippen molar-refractivity contribution in [3.63, 3.8) is 0 Å². The van der Waals surface area contributed by atoms with Gasteiger partial charge in [0.2, 0.25) is 11.8 Å². The van der Waals surface area contributed by atoms with E-state index in [4.69, 9.17) is 0 Å². The third-order valence-electron chi connectivity index (χ3n) is 8.64. The lowest BCUT2D eigenvalue weighted by Crippen LogP contribution is -2.43. The van der Waals surface area contributed by atoms with E-state index in [1.807, 2.05) is 0 Å². The highest BCUT2D eigenvalue weighted by molar-refractivity contribution is 6.05. The Labute approximate surface area is 175 Å². The van der Waals surface area contributed by atoms with Crippen LogP contribution in [0.5, 0.6) is 0 Å². The van der Waals surface area contributed by atoms with Gasteiger partial charge in [0.05, 0.1) is 11.8 Å². The fraction of sp³-hybridized carbons (Fsp3) is 0.875.